The SMILES string of the molecule is CC(=O)N(C(=O)C(=O)Nc1ccc(Br)cc1)c1ccc(N)cc1. The van der Waals surface area contributed by atoms with Gasteiger partial charge in [0.25, 0.3) is 0 Å². The Hall–Kier alpha value is -2.67. The van der Waals surface area contributed by atoms with Crippen LogP contribution in [0.4, 0.5) is 17.1 Å². The predicted octanol–water partition coefficient (Wildman–Crippen LogP) is 2.55. The fourth-order valence-electron chi connectivity index (χ4n) is 1.88. The van der Waals surface area contributed by atoms with Crippen LogP contribution in [0.15, 0.2) is 53.0 Å². The molecule has 0 aliphatic rings. The Morgan fingerprint density at radius 2 is 1.57 bits per heavy atom. The number of hydrogen-bond acceptors (Lipinski definition) is 4. The standard InChI is InChI=1S/C16H14BrN3O3/c1-10(21)20(14-8-4-12(18)5-9-14)16(23)15(22)19-13-6-2-11(17)3-7-13/h2-9H,18H2,1H3,(H,19,22). The van der Waals surface area contributed by atoms with Crippen LogP contribution in [0.25, 0.3) is 0 Å². The molecule has 0 fully saturated rings. The molecule has 2 aromatic rings. The first-order valence-corrected chi connectivity index (χ1v) is 7.45. The van der Waals surface area contributed by atoms with Crippen LogP contribution in [-0.2, 0) is 14.4 Å². The van der Waals surface area contributed by atoms with E-state index in [1.165, 1.54) is 19.1 Å². The highest BCUT2D eigenvalue weighted by Gasteiger charge is 2.26. The number of nitrogens with one attached hydrogen (secondary N) is 1. The maximum Gasteiger partial charge on any atom is 0.323 e. The van der Waals surface area contributed by atoms with Crippen molar-refractivity contribution in [2.75, 3.05) is 16.0 Å². The van der Waals surface area contributed by atoms with E-state index < -0.39 is 17.7 Å². The van der Waals surface area contributed by atoms with Gasteiger partial charge in [0.2, 0.25) is 5.91 Å². The summed E-state index contributed by atoms with van der Waals surface area (Å²) in [5, 5.41) is 2.46. The van der Waals surface area contributed by atoms with Crippen molar-refractivity contribution in [1.82, 2.24) is 0 Å². The minimum atomic E-state index is -0.967. The first-order valence-electron chi connectivity index (χ1n) is 6.65. The molecule has 0 saturated heterocycles. The van der Waals surface area contributed by atoms with E-state index >= 15 is 0 Å². The van der Waals surface area contributed by atoms with E-state index in [0.29, 0.717) is 11.4 Å². The Kier molecular flexibility index (Phi) is 5.13. The Morgan fingerprint density at radius 3 is 2.09 bits per heavy atom. The first kappa shape index (κ1) is 16.7. The Bertz CT molecular complexity index is 742. The monoisotopic (exact) mass is 375 g/mol. The zero-order valence-electron chi connectivity index (χ0n) is 12.2. The third kappa shape index (κ3) is 4.17. The molecule has 0 spiro atoms. The maximum absolute atomic E-state index is 12.3. The summed E-state index contributed by atoms with van der Waals surface area (Å²) in [6.45, 7) is 1.21. The molecule has 3 amide bonds. The van der Waals surface area contributed by atoms with Crippen LogP contribution in [0.5, 0.6) is 0 Å². The minimum Gasteiger partial charge on any atom is -0.399 e. The van der Waals surface area contributed by atoms with Crippen LogP contribution in [0.3, 0.4) is 0 Å². The van der Waals surface area contributed by atoms with Crippen molar-refractivity contribution >= 4 is 50.7 Å². The fourth-order valence-corrected chi connectivity index (χ4v) is 2.15. The fraction of sp³-hybridized carbons (Fsp3) is 0.0625. The molecule has 23 heavy (non-hydrogen) atoms. The summed E-state index contributed by atoms with van der Waals surface area (Å²) in [7, 11) is 0. The lowest BCUT2D eigenvalue weighted by atomic mass is 10.2. The molecule has 6 nitrogen and oxygen atoms in total. The maximum atomic E-state index is 12.3. The molecule has 0 aromatic heterocycles. The average Bonchev–Trinajstić information content (AvgIpc) is 2.51. The molecule has 0 saturated carbocycles. The molecule has 0 bridgehead atoms. The lowest BCUT2D eigenvalue weighted by molar-refractivity contribution is -0.136. The summed E-state index contributed by atoms with van der Waals surface area (Å²) in [6.07, 6.45) is 0. The molecule has 0 heterocycles. The van der Waals surface area contributed by atoms with Crippen LogP contribution < -0.4 is 16.0 Å². The van der Waals surface area contributed by atoms with E-state index in [1.54, 1.807) is 36.4 Å². The number of benzene rings is 2. The number of imide groups is 1. The number of carbonyl (C=O) groups excluding carboxylic acids is 3. The highest BCUT2D eigenvalue weighted by Crippen LogP contribution is 2.18. The van der Waals surface area contributed by atoms with Crippen molar-refractivity contribution in [2.24, 2.45) is 0 Å². The van der Waals surface area contributed by atoms with Crippen molar-refractivity contribution in [3.05, 3.63) is 53.0 Å². The minimum absolute atomic E-state index is 0.280. The van der Waals surface area contributed by atoms with E-state index in [1.807, 2.05) is 0 Å². The molecule has 0 radical (unpaired) electrons. The van der Waals surface area contributed by atoms with Gasteiger partial charge in [-0.2, -0.15) is 0 Å². The van der Waals surface area contributed by atoms with Gasteiger partial charge in [-0.3, -0.25) is 14.4 Å². The topological polar surface area (TPSA) is 92.5 Å². The van der Waals surface area contributed by atoms with Crippen LogP contribution in [0.2, 0.25) is 0 Å². The summed E-state index contributed by atoms with van der Waals surface area (Å²) < 4.78 is 0.842. The van der Waals surface area contributed by atoms with Gasteiger partial charge in [-0.25, -0.2) is 4.90 Å². The number of nitrogen functional groups attached to an aromatic ring is 1. The molecule has 118 valence electrons. The third-order valence-corrected chi connectivity index (χ3v) is 3.49. The van der Waals surface area contributed by atoms with Crippen molar-refractivity contribution < 1.29 is 14.4 Å². The first-order chi connectivity index (χ1) is 10.9. The van der Waals surface area contributed by atoms with Gasteiger partial charge < -0.3 is 11.1 Å². The molecule has 2 rings (SSSR count). The van der Waals surface area contributed by atoms with Gasteiger partial charge >= 0.3 is 11.8 Å². The number of anilines is 3. The smallest absolute Gasteiger partial charge is 0.323 e. The Morgan fingerprint density at radius 1 is 1.00 bits per heavy atom. The van der Waals surface area contributed by atoms with E-state index in [9.17, 15) is 14.4 Å². The molecule has 0 aliphatic heterocycles. The highest BCUT2D eigenvalue weighted by atomic mass is 79.9. The van der Waals surface area contributed by atoms with E-state index in [-0.39, 0.29) is 5.69 Å². The number of rotatable bonds is 2. The summed E-state index contributed by atoms with van der Waals surface area (Å²) in [5.74, 6) is -2.43. The Labute approximate surface area is 141 Å². The second-order valence-electron chi connectivity index (χ2n) is 4.71. The number of nitrogens with zero attached hydrogens (tertiary/aromatic N) is 1. The van der Waals surface area contributed by atoms with Crippen molar-refractivity contribution in [3.63, 3.8) is 0 Å². The Balaban J connectivity index is 2.20. The normalized spacial score (nSPS) is 10.0. The molecule has 2 aromatic carbocycles. The van der Waals surface area contributed by atoms with E-state index in [0.717, 1.165) is 9.37 Å². The van der Waals surface area contributed by atoms with Gasteiger partial charge in [-0.1, -0.05) is 15.9 Å². The molecule has 0 unspecified atom stereocenters. The number of amides is 3. The molecule has 7 heteroatoms. The van der Waals surface area contributed by atoms with Crippen molar-refractivity contribution in [3.8, 4) is 0 Å². The van der Waals surface area contributed by atoms with Gasteiger partial charge in [0.15, 0.2) is 0 Å². The zero-order valence-corrected chi connectivity index (χ0v) is 13.8. The van der Waals surface area contributed by atoms with Gasteiger partial charge in [-0.15, -0.1) is 0 Å². The van der Waals surface area contributed by atoms with Gasteiger partial charge in [0.05, 0.1) is 5.69 Å². The van der Waals surface area contributed by atoms with Crippen LogP contribution in [0, 0.1) is 0 Å². The summed E-state index contributed by atoms with van der Waals surface area (Å²) in [4.78, 5) is 36.9. The zero-order chi connectivity index (χ0) is 17.0. The second kappa shape index (κ2) is 7.06. The van der Waals surface area contributed by atoms with Gasteiger partial charge in [0, 0.05) is 22.8 Å². The number of carbonyl (C=O) groups is 3. The van der Waals surface area contributed by atoms with Crippen LogP contribution in [-0.4, -0.2) is 17.7 Å². The number of hydrogen-bond donors (Lipinski definition) is 2. The van der Waals surface area contributed by atoms with E-state index in [2.05, 4.69) is 21.2 Å². The summed E-state index contributed by atoms with van der Waals surface area (Å²) in [5.41, 5.74) is 6.80. The van der Waals surface area contributed by atoms with E-state index in [4.69, 9.17) is 5.73 Å². The largest absolute Gasteiger partial charge is 0.399 e. The lowest BCUT2D eigenvalue weighted by Gasteiger charge is -2.18. The number of nitrogens with two attached hydrogens (primary N) is 1. The molecule has 0 aliphatic carbocycles. The van der Waals surface area contributed by atoms with Gasteiger partial charge in [0.1, 0.15) is 0 Å². The lowest BCUT2D eigenvalue weighted by Crippen LogP contribution is -2.42. The quantitative estimate of drug-likeness (QED) is 0.622. The van der Waals surface area contributed by atoms with Crippen LogP contribution >= 0.6 is 15.9 Å². The third-order valence-electron chi connectivity index (χ3n) is 2.97. The molecular formula is C16H14BrN3O3. The molecule has 0 atom stereocenters. The molecule has 3 N–H and O–H groups in total. The van der Waals surface area contributed by atoms with Crippen molar-refractivity contribution in [2.45, 2.75) is 6.92 Å². The van der Waals surface area contributed by atoms with Crippen LogP contribution in [0.1, 0.15) is 6.92 Å². The summed E-state index contributed by atoms with van der Waals surface area (Å²) >= 11 is 3.28. The predicted molar refractivity (Wildman–Crippen MR) is 91.8 cm³/mol. The second-order valence-corrected chi connectivity index (χ2v) is 5.63. The number of halogens is 1. The molecular weight excluding hydrogens is 362 g/mol. The van der Waals surface area contributed by atoms with Crippen molar-refractivity contribution in [1.29, 1.82) is 0 Å². The van der Waals surface area contributed by atoms with Gasteiger partial charge in [-0.05, 0) is 48.5 Å². The summed E-state index contributed by atoms with van der Waals surface area (Å²) in [6, 6.07) is 12.8. The highest BCUT2D eigenvalue weighted by molar-refractivity contribution is 9.10. The average molecular weight is 376 g/mol.